The Morgan fingerprint density at radius 3 is 2.70 bits per heavy atom. The second-order valence-electron chi connectivity index (χ2n) is 4.31. The second kappa shape index (κ2) is 10.4. The van der Waals surface area contributed by atoms with Crippen LogP contribution >= 0.6 is 0 Å². The molecule has 0 amide bonds. The Kier molecular flexibility index (Phi) is 8.66. The number of anilines is 1. The van der Waals surface area contributed by atoms with Crippen LogP contribution in [-0.2, 0) is 15.9 Å². The molecule has 0 saturated carbocycles. The monoisotopic (exact) mass is 283 g/mol. The molecule has 20 heavy (non-hydrogen) atoms. The van der Waals surface area contributed by atoms with Crippen LogP contribution in [0.1, 0.15) is 25.3 Å². The summed E-state index contributed by atoms with van der Waals surface area (Å²) in [5, 5.41) is 3.08. The Hall–Kier alpha value is -1.40. The molecule has 0 spiro atoms. The van der Waals surface area contributed by atoms with Crippen molar-refractivity contribution in [1.82, 2.24) is 9.97 Å². The van der Waals surface area contributed by atoms with E-state index >= 15 is 0 Å². The van der Waals surface area contributed by atoms with E-state index in [-0.39, 0.29) is 0 Å². The third-order valence-electron chi connectivity index (χ3n) is 2.75. The van der Waals surface area contributed by atoms with E-state index in [1.54, 1.807) is 7.11 Å². The zero-order valence-corrected chi connectivity index (χ0v) is 12.6. The molecule has 6 nitrogen and oxygen atoms in total. The first-order chi connectivity index (χ1) is 9.83. The van der Waals surface area contributed by atoms with E-state index in [0.29, 0.717) is 32.3 Å². The van der Waals surface area contributed by atoms with Crippen LogP contribution in [0.2, 0.25) is 0 Å². The van der Waals surface area contributed by atoms with Crippen molar-refractivity contribution in [2.75, 3.05) is 45.9 Å². The van der Waals surface area contributed by atoms with Crippen LogP contribution in [0, 0.1) is 0 Å². The SMILES string of the molecule is CCCc1c(NC)ncnc1OCCCOCCOC. The lowest BCUT2D eigenvalue weighted by atomic mass is 10.2. The third kappa shape index (κ3) is 5.71. The zero-order valence-electron chi connectivity index (χ0n) is 12.6. The predicted molar refractivity (Wildman–Crippen MR) is 78.4 cm³/mol. The summed E-state index contributed by atoms with van der Waals surface area (Å²) in [5.74, 6) is 1.51. The van der Waals surface area contributed by atoms with Gasteiger partial charge in [-0.05, 0) is 6.42 Å². The van der Waals surface area contributed by atoms with Gasteiger partial charge in [0.1, 0.15) is 12.1 Å². The number of nitrogens with zero attached hydrogens (tertiary/aromatic N) is 2. The maximum atomic E-state index is 5.74. The van der Waals surface area contributed by atoms with Gasteiger partial charge in [-0.25, -0.2) is 9.97 Å². The van der Waals surface area contributed by atoms with Gasteiger partial charge in [-0.3, -0.25) is 0 Å². The Morgan fingerprint density at radius 2 is 2.00 bits per heavy atom. The van der Waals surface area contributed by atoms with Gasteiger partial charge in [0, 0.05) is 27.2 Å². The van der Waals surface area contributed by atoms with Crippen molar-refractivity contribution in [3.63, 3.8) is 0 Å². The van der Waals surface area contributed by atoms with Gasteiger partial charge >= 0.3 is 0 Å². The number of rotatable bonds is 11. The summed E-state index contributed by atoms with van der Waals surface area (Å²) in [6.07, 6.45) is 4.28. The largest absolute Gasteiger partial charge is 0.477 e. The molecule has 0 aliphatic rings. The minimum atomic E-state index is 0.587. The first-order valence-electron chi connectivity index (χ1n) is 7.04. The molecule has 6 heteroatoms. The molecule has 0 radical (unpaired) electrons. The van der Waals surface area contributed by atoms with Gasteiger partial charge in [0.15, 0.2) is 0 Å². The fourth-order valence-electron chi connectivity index (χ4n) is 1.79. The molecule has 1 N–H and O–H groups in total. The van der Waals surface area contributed by atoms with Crippen LogP contribution in [0.15, 0.2) is 6.33 Å². The van der Waals surface area contributed by atoms with E-state index in [2.05, 4.69) is 22.2 Å². The maximum absolute atomic E-state index is 5.74. The molecule has 0 bridgehead atoms. The molecule has 1 aromatic heterocycles. The van der Waals surface area contributed by atoms with Crippen LogP contribution in [0.4, 0.5) is 5.82 Å². The predicted octanol–water partition coefficient (Wildman–Crippen LogP) is 1.90. The molecule has 0 fully saturated rings. The Balaban J connectivity index is 2.39. The highest BCUT2D eigenvalue weighted by Crippen LogP contribution is 2.23. The van der Waals surface area contributed by atoms with E-state index in [4.69, 9.17) is 14.2 Å². The summed E-state index contributed by atoms with van der Waals surface area (Å²) >= 11 is 0. The summed E-state index contributed by atoms with van der Waals surface area (Å²) in [6.45, 7) is 4.62. The van der Waals surface area contributed by atoms with Gasteiger partial charge in [-0.2, -0.15) is 0 Å². The molecule has 1 heterocycles. The lowest BCUT2D eigenvalue weighted by molar-refractivity contribution is 0.0641. The van der Waals surface area contributed by atoms with Crippen molar-refractivity contribution < 1.29 is 14.2 Å². The van der Waals surface area contributed by atoms with Crippen molar-refractivity contribution in [3.8, 4) is 5.88 Å². The molecular weight excluding hydrogens is 258 g/mol. The molecule has 0 atom stereocenters. The fourth-order valence-corrected chi connectivity index (χ4v) is 1.79. The second-order valence-corrected chi connectivity index (χ2v) is 4.31. The lowest BCUT2D eigenvalue weighted by Gasteiger charge is -2.12. The Morgan fingerprint density at radius 1 is 1.15 bits per heavy atom. The molecular formula is C14H25N3O3. The Labute approximate surface area is 120 Å². The quantitative estimate of drug-likeness (QED) is 0.626. The summed E-state index contributed by atoms with van der Waals surface area (Å²) in [6, 6.07) is 0. The molecule has 0 aliphatic heterocycles. The van der Waals surface area contributed by atoms with Crippen LogP contribution < -0.4 is 10.1 Å². The van der Waals surface area contributed by atoms with Crippen LogP contribution in [-0.4, -0.2) is 50.6 Å². The van der Waals surface area contributed by atoms with E-state index < -0.39 is 0 Å². The third-order valence-corrected chi connectivity index (χ3v) is 2.75. The van der Waals surface area contributed by atoms with Gasteiger partial charge in [-0.1, -0.05) is 13.3 Å². The average molecular weight is 283 g/mol. The van der Waals surface area contributed by atoms with Gasteiger partial charge in [0.05, 0.1) is 25.4 Å². The van der Waals surface area contributed by atoms with E-state index in [1.807, 2.05) is 7.05 Å². The van der Waals surface area contributed by atoms with E-state index in [9.17, 15) is 0 Å². The highest BCUT2D eigenvalue weighted by molar-refractivity contribution is 5.48. The van der Waals surface area contributed by atoms with Gasteiger partial charge in [0.25, 0.3) is 0 Å². The Bertz CT molecular complexity index is 375. The fraction of sp³-hybridized carbons (Fsp3) is 0.714. The number of nitrogens with one attached hydrogen (secondary N) is 1. The standard InChI is InChI=1S/C14H25N3O3/c1-4-6-12-13(15-2)16-11-17-14(12)20-8-5-7-19-10-9-18-3/h11H,4-10H2,1-3H3,(H,15,16,17). The minimum Gasteiger partial charge on any atom is -0.477 e. The average Bonchev–Trinajstić information content (AvgIpc) is 2.48. The molecule has 1 aromatic rings. The maximum Gasteiger partial charge on any atom is 0.221 e. The highest BCUT2D eigenvalue weighted by atomic mass is 16.5. The molecule has 0 unspecified atom stereocenters. The van der Waals surface area contributed by atoms with Crippen molar-refractivity contribution in [2.45, 2.75) is 26.2 Å². The first kappa shape index (κ1) is 16.7. The topological polar surface area (TPSA) is 65.5 Å². The van der Waals surface area contributed by atoms with Crippen molar-refractivity contribution >= 4 is 5.82 Å². The van der Waals surface area contributed by atoms with Crippen molar-refractivity contribution in [1.29, 1.82) is 0 Å². The summed E-state index contributed by atoms with van der Waals surface area (Å²) in [5.41, 5.74) is 1.04. The van der Waals surface area contributed by atoms with Crippen molar-refractivity contribution in [3.05, 3.63) is 11.9 Å². The van der Waals surface area contributed by atoms with Crippen LogP contribution in [0.25, 0.3) is 0 Å². The highest BCUT2D eigenvalue weighted by Gasteiger charge is 2.10. The number of hydrogen-bond acceptors (Lipinski definition) is 6. The zero-order chi connectivity index (χ0) is 14.6. The van der Waals surface area contributed by atoms with Gasteiger partial charge < -0.3 is 19.5 Å². The lowest BCUT2D eigenvalue weighted by Crippen LogP contribution is -2.09. The first-order valence-corrected chi connectivity index (χ1v) is 7.04. The van der Waals surface area contributed by atoms with E-state index in [0.717, 1.165) is 30.6 Å². The smallest absolute Gasteiger partial charge is 0.221 e. The van der Waals surface area contributed by atoms with E-state index in [1.165, 1.54) is 6.33 Å². The normalized spacial score (nSPS) is 10.6. The summed E-state index contributed by atoms with van der Waals surface area (Å²) < 4.78 is 16.0. The number of aromatic nitrogens is 2. The van der Waals surface area contributed by atoms with Crippen LogP contribution in [0.5, 0.6) is 5.88 Å². The molecule has 0 saturated heterocycles. The van der Waals surface area contributed by atoms with Crippen LogP contribution in [0.3, 0.4) is 0 Å². The van der Waals surface area contributed by atoms with Crippen molar-refractivity contribution in [2.24, 2.45) is 0 Å². The number of methoxy groups -OCH3 is 1. The molecule has 0 aromatic carbocycles. The number of ether oxygens (including phenoxy) is 3. The summed E-state index contributed by atoms with van der Waals surface area (Å²) in [7, 11) is 3.52. The molecule has 1 rings (SSSR count). The minimum absolute atomic E-state index is 0.587. The number of hydrogen-bond donors (Lipinski definition) is 1. The van der Waals surface area contributed by atoms with Gasteiger partial charge in [0.2, 0.25) is 5.88 Å². The van der Waals surface area contributed by atoms with Gasteiger partial charge in [-0.15, -0.1) is 0 Å². The molecule has 114 valence electrons. The molecule has 0 aliphatic carbocycles. The summed E-state index contributed by atoms with van der Waals surface area (Å²) in [4.78, 5) is 8.43.